The zero-order chi connectivity index (χ0) is 23.9. The predicted octanol–water partition coefficient (Wildman–Crippen LogP) is 6.47. The summed E-state index contributed by atoms with van der Waals surface area (Å²) in [6.45, 7) is 11.4. The molecule has 4 rings (SSSR count). The van der Waals surface area contributed by atoms with Crippen molar-refractivity contribution in [3.63, 3.8) is 0 Å². The average molecular weight is 512 g/mol. The lowest BCUT2D eigenvalue weighted by Gasteiger charge is -2.50. The van der Waals surface area contributed by atoms with Gasteiger partial charge >= 0.3 is 5.91 Å². The molecule has 174 valence electrons. The molecule has 33 heavy (non-hydrogen) atoms. The minimum atomic E-state index is -0.417. The molecule has 1 atom stereocenters. The van der Waals surface area contributed by atoms with Gasteiger partial charge in [0, 0.05) is 27.1 Å². The van der Waals surface area contributed by atoms with Gasteiger partial charge in [0.15, 0.2) is 17.1 Å². The number of hydrogen-bond donors (Lipinski definition) is 1. The summed E-state index contributed by atoms with van der Waals surface area (Å²) >= 11 is 3.44. The van der Waals surface area contributed by atoms with E-state index in [2.05, 4.69) is 78.1 Å². The van der Waals surface area contributed by atoms with Gasteiger partial charge in [-0.3, -0.25) is 4.79 Å². The highest BCUT2D eigenvalue weighted by atomic mass is 79.9. The number of benzene rings is 2. The Kier molecular flexibility index (Phi) is 6.27. The second-order valence-electron chi connectivity index (χ2n) is 9.54. The maximum Gasteiger partial charge on any atom is 0.307 e. The normalized spacial score (nSPS) is 17.6. The molecule has 0 fully saturated rings. The van der Waals surface area contributed by atoms with E-state index in [1.165, 1.54) is 11.3 Å². The van der Waals surface area contributed by atoms with Gasteiger partial charge in [-0.15, -0.1) is 0 Å². The number of ether oxygens (including phenoxy) is 1. The fraction of sp³-hybridized carbons (Fsp3) is 0.385. The number of rotatable bonds is 5. The van der Waals surface area contributed by atoms with Crippen molar-refractivity contribution < 1.29 is 13.9 Å². The molecular weight excluding hydrogens is 482 g/mol. The first-order valence-corrected chi connectivity index (χ1v) is 11.9. The molecule has 0 saturated heterocycles. The minimum absolute atomic E-state index is 0.106. The monoisotopic (exact) mass is 511 g/mol. The quantitative estimate of drug-likeness (QED) is 0.314. The molecule has 1 amide bonds. The lowest BCUT2D eigenvalue weighted by molar-refractivity contribution is 0.0929. The van der Waals surface area contributed by atoms with Gasteiger partial charge in [-0.25, -0.2) is 5.43 Å². The molecule has 0 spiro atoms. The summed E-state index contributed by atoms with van der Waals surface area (Å²) in [6, 6.07) is 12.1. The Labute approximate surface area is 203 Å². The minimum Gasteiger partial charge on any atom is -0.493 e. The number of anilines is 1. The third-order valence-electron chi connectivity index (χ3n) is 6.19. The fourth-order valence-corrected chi connectivity index (χ4v) is 5.55. The number of nitrogens with one attached hydrogen (secondary N) is 1. The van der Waals surface area contributed by atoms with Crippen LogP contribution in [0.1, 0.15) is 68.6 Å². The van der Waals surface area contributed by atoms with Crippen LogP contribution in [0, 0.1) is 0 Å². The van der Waals surface area contributed by atoms with Crippen molar-refractivity contribution in [3.05, 3.63) is 57.8 Å². The Morgan fingerprint density at radius 3 is 2.76 bits per heavy atom. The number of nitrogens with zero attached hydrogens (tertiary/aromatic N) is 2. The second kappa shape index (κ2) is 8.86. The van der Waals surface area contributed by atoms with Gasteiger partial charge in [0.1, 0.15) is 0 Å². The molecule has 1 N–H and O–H groups in total. The molecule has 7 heteroatoms. The van der Waals surface area contributed by atoms with Crippen molar-refractivity contribution in [2.75, 3.05) is 12.0 Å². The molecule has 1 aromatic heterocycles. The molecule has 0 aliphatic carbocycles. The van der Waals surface area contributed by atoms with E-state index >= 15 is 0 Å². The largest absolute Gasteiger partial charge is 0.493 e. The molecule has 2 aromatic carbocycles. The van der Waals surface area contributed by atoms with Crippen LogP contribution in [-0.2, 0) is 0 Å². The summed E-state index contributed by atoms with van der Waals surface area (Å²) in [5.41, 5.74) is 6.73. The van der Waals surface area contributed by atoms with Gasteiger partial charge in [-0.05, 0) is 81.5 Å². The van der Waals surface area contributed by atoms with Crippen LogP contribution in [0.4, 0.5) is 5.69 Å². The molecule has 3 aromatic rings. The highest BCUT2D eigenvalue weighted by molar-refractivity contribution is 9.10. The smallest absolute Gasteiger partial charge is 0.307 e. The van der Waals surface area contributed by atoms with Gasteiger partial charge in [0.25, 0.3) is 0 Å². The number of hydrazone groups is 1. The van der Waals surface area contributed by atoms with Crippen molar-refractivity contribution in [1.29, 1.82) is 0 Å². The molecule has 0 saturated carbocycles. The summed E-state index contributed by atoms with van der Waals surface area (Å²) < 4.78 is 11.9. The molecule has 0 unspecified atom stereocenters. The first-order valence-electron chi connectivity index (χ1n) is 11.1. The van der Waals surface area contributed by atoms with Crippen LogP contribution < -0.4 is 15.1 Å². The topological polar surface area (TPSA) is 67.1 Å². The third kappa shape index (κ3) is 4.51. The molecule has 1 aliphatic heterocycles. The van der Waals surface area contributed by atoms with Gasteiger partial charge in [0.2, 0.25) is 0 Å². The van der Waals surface area contributed by atoms with E-state index < -0.39 is 5.91 Å². The molecule has 1 aliphatic rings. The van der Waals surface area contributed by atoms with E-state index in [0.29, 0.717) is 23.3 Å². The molecular formula is C26H30BrN3O3. The number of amides is 1. The zero-order valence-corrected chi connectivity index (χ0v) is 21.5. The number of carbonyl (C=O) groups is 1. The van der Waals surface area contributed by atoms with E-state index in [1.54, 1.807) is 25.5 Å². The van der Waals surface area contributed by atoms with Crippen molar-refractivity contribution in [2.24, 2.45) is 5.10 Å². The highest BCUT2D eigenvalue weighted by Gasteiger charge is 2.37. The number of carbonyl (C=O) groups excluding carboxylic acids is 1. The maximum absolute atomic E-state index is 12.6. The Morgan fingerprint density at radius 1 is 1.30 bits per heavy atom. The van der Waals surface area contributed by atoms with Crippen LogP contribution in [0.15, 0.2) is 50.4 Å². The Bertz CT molecular complexity index is 1230. The molecule has 0 radical (unpaired) electrons. The van der Waals surface area contributed by atoms with E-state index in [4.69, 9.17) is 9.15 Å². The van der Waals surface area contributed by atoms with Gasteiger partial charge < -0.3 is 14.1 Å². The van der Waals surface area contributed by atoms with Crippen molar-refractivity contribution in [1.82, 2.24) is 5.43 Å². The van der Waals surface area contributed by atoms with E-state index in [-0.39, 0.29) is 11.3 Å². The fourth-order valence-electron chi connectivity index (χ4n) is 5.10. The number of halogens is 1. The van der Waals surface area contributed by atoms with Crippen LogP contribution >= 0.6 is 15.9 Å². The Hall–Kier alpha value is -2.80. The van der Waals surface area contributed by atoms with Crippen LogP contribution in [0.25, 0.3) is 11.0 Å². The van der Waals surface area contributed by atoms with E-state index in [9.17, 15) is 4.79 Å². The van der Waals surface area contributed by atoms with E-state index in [0.717, 1.165) is 21.8 Å². The maximum atomic E-state index is 12.6. The first kappa shape index (κ1) is 23.4. The van der Waals surface area contributed by atoms with E-state index in [1.807, 2.05) is 12.1 Å². The summed E-state index contributed by atoms with van der Waals surface area (Å²) in [6.07, 6.45) is 2.76. The molecule has 0 bridgehead atoms. The van der Waals surface area contributed by atoms with Gasteiger partial charge in [0.05, 0.1) is 13.3 Å². The third-order valence-corrected chi connectivity index (χ3v) is 6.64. The predicted molar refractivity (Wildman–Crippen MR) is 137 cm³/mol. The summed E-state index contributed by atoms with van der Waals surface area (Å²) in [4.78, 5) is 15.1. The molecule has 6 nitrogen and oxygen atoms in total. The number of fused-ring (bicyclic) bond motifs is 2. The van der Waals surface area contributed by atoms with Gasteiger partial charge in [-0.2, -0.15) is 5.10 Å². The van der Waals surface area contributed by atoms with Crippen LogP contribution in [0.3, 0.4) is 0 Å². The SMILES string of the molecule is COc1cc(Br)cc2cc(C(=O)N/N=C\c3ccc4c(c3)[C@H](C)CC(C)(C)N4C(C)C)oc12. The molecule has 2 heterocycles. The van der Waals surface area contributed by atoms with Crippen LogP contribution in [0.2, 0.25) is 0 Å². The average Bonchev–Trinajstić information content (AvgIpc) is 3.16. The first-order chi connectivity index (χ1) is 15.6. The van der Waals surface area contributed by atoms with Gasteiger partial charge in [-0.1, -0.05) is 28.9 Å². The lowest BCUT2D eigenvalue weighted by atomic mass is 9.79. The zero-order valence-electron chi connectivity index (χ0n) is 19.9. The summed E-state index contributed by atoms with van der Waals surface area (Å²) in [7, 11) is 1.56. The Morgan fingerprint density at radius 2 is 2.06 bits per heavy atom. The van der Waals surface area contributed by atoms with Crippen molar-refractivity contribution in [2.45, 2.75) is 58.5 Å². The summed E-state index contributed by atoms with van der Waals surface area (Å²) in [5, 5.41) is 4.94. The second-order valence-corrected chi connectivity index (χ2v) is 10.5. The number of hydrogen-bond acceptors (Lipinski definition) is 5. The summed E-state index contributed by atoms with van der Waals surface area (Å²) in [5.74, 6) is 0.758. The van der Waals surface area contributed by atoms with Crippen LogP contribution in [0.5, 0.6) is 5.75 Å². The Balaban J connectivity index is 1.53. The number of methoxy groups -OCH3 is 1. The van der Waals surface area contributed by atoms with Crippen molar-refractivity contribution >= 4 is 44.7 Å². The highest BCUT2D eigenvalue weighted by Crippen LogP contribution is 2.44. The standard InChI is InChI=1S/C26H30BrN3O3/c1-15(2)30-21-8-7-17(9-20(21)16(3)13-26(30,4)5)14-28-29-25(31)23-11-18-10-19(27)12-22(32-6)24(18)33-23/h7-12,14-16H,13H2,1-6H3,(H,29,31)/b28-14-/t16-/m1/s1. The lowest BCUT2D eigenvalue weighted by Crippen LogP contribution is -2.51. The van der Waals surface area contributed by atoms with Crippen molar-refractivity contribution in [3.8, 4) is 5.75 Å². The number of furan rings is 1. The van der Waals surface area contributed by atoms with Crippen LogP contribution in [-0.4, -0.2) is 30.8 Å².